The first-order chi connectivity index (χ1) is 11.7. The maximum Gasteiger partial charge on any atom is 0.161 e. The summed E-state index contributed by atoms with van der Waals surface area (Å²) in [6.45, 7) is 5.48. The van der Waals surface area contributed by atoms with E-state index in [2.05, 4.69) is 41.8 Å². The van der Waals surface area contributed by atoms with Crippen LogP contribution in [0.1, 0.15) is 23.1 Å². The molecule has 2 N–H and O–H groups in total. The second-order valence-electron chi connectivity index (χ2n) is 5.90. The highest BCUT2D eigenvalue weighted by Crippen LogP contribution is 2.28. The molecule has 0 aromatic heterocycles. The van der Waals surface area contributed by atoms with E-state index in [4.69, 9.17) is 9.47 Å². The molecule has 0 saturated heterocycles. The Morgan fingerprint density at radius 2 is 1.73 bits per heavy atom. The predicted octanol–water partition coefficient (Wildman–Crippen LogP) is 4.13. The Kier molecular flexibility index (Phi) is 12.9. The van der Waals surface area contributed by atoms with Gasteiger partial charge in [0.15, 0.2) is 11.5 Å². The molecule has 0 saturated carbocycles. The van der Waals surface area contributed by atoms with Crippen molar-refractivity contribution in [2.24, 2.45) is 0 Å². The normalized spacial score (nSPS) is 9.81. The lowest BCUT2D eigenvalue weighted by molar-refractivity contribution is 0.284. The van der Waals surface area contributed by atoms with E-state index in [0.717, 1.165) is 43.1 Å². The molecule has 0 aliphatic rings. The van der Waals surface area contributed by atoms with E-state index < -0.39 is 0 Å². The van der Waals surface area contributed by atoms with Gasteiger partial charge in [-0.05, 0) is 56.7 Å². The molecule has 0 aliphatic carbocycles. The van der Waals surface area contributed by atoms with Crippen LogP contribution in [0.5, 0.6) is 11.5 Å². The molecule has 0 atom stereocenters. The Morgan fingerprint density at radius 3 is 2.42 bits per heavy atom. The van der Waals surface area contributed by atoms with Crippen molar-refractivity contribution in [2.75, 3.05) is 27.2 Å². The van der Waals surface area contributed by atoms with Crippen LogP contribution in [0.4, 0.5) is 0 Å². The number of hydrogen-bond acceptors (Lipinski definition) is 4. The number of aryl methyl sites for hydroxylation is 1. The molecule has 0 unspecified atom stereocenters. The minimum atomic E-state index is 0. The summed E-state index contributed by atoms with van der Waals surface area (Å²) < 4.78 is 11.4. The summed E-state index contributed by atoms with van der Waals surface area (Å²) in [6, 6.07) is 14.4. The summed E-state index contributed by atoms with van der Waals surface area (Å²) in [6.07, 6.45) is 1.12. The van der Waals surface area contributed by atoms with Gasteiger partial charge in [-0.1, -0.05) is 35.9 Å². The Balaban J connectivity index is 0.00000312. The highest BCUT2D eigenvalue weighted by atomic mass is 35.5. The fraction of sp³-hybridized carbons (Fsp3) is 0.400. The molecule has 146 valence electrons. The van der Waals surface area contributed by atoms with E-state index in [0.29, 0.717) is 6.61 Å². The first-order valence-electron chi connectivity index (χ1n) is 8.43. The molecule has 4 nitrogen and oxygen atoms in total. The lowest BCUT2D eigenvalue weighted by Crippen LogP contribution is -2.19. The van der Waals surface area contributed by atoms with E-state index in [-0.39, 0.29) is 24.8 Å². The van der Waals surface area contributed by atoms with Gasteiger partial charge in [-0.2, -0.15) is 0 Å². The minimum Gasteiger partial charge on any atom is -0.493 e. The molecule has 0 spiro atoms. The summed E-state index contributed by atoms with van der Waals surface area (Å²) in [7, 11) is 3.65. The Labute approximate surface area is 169 Å². The van der Waals surface area contributed by atoms with Gasteiger partial charge in [0.2, 0.25) is 0 Å². The number of nitrogens with one attached hydrogen (secondary N) is 2. The topological polar surface area (TPSA) is 42.5 Å². The van der Waals surface area contributed by atoms with Crippen molar-refractivity contribution in [3.8, 4) is 11.5 Å². The Bertz CT molecular complexity index is 639. The molecule has 2 aromatic rings. The van der Waals surface area contributed by atoms with Crippen molar-refractivity contribution < 1.29 is 9.47 Å². The third-order valence-electron chi connectivity index (χ3n) is 3.81. The van der Waals surface area contributed by atoms with E-state index in [1.54, 1.807) is 7.11 Å². The quantitative estimate of drug-likeness (QED) is 0.588. The fourth-order valence-corrected chi connectivity index (χ4v) is 2.53. The summed E-state index contributed by atoms with van der Waals surface area (Å²) >= 11 is 0. The molecule has 0 heterocycles. The van der Waals surface area contributed by atoms with Crippen LogP contribution in [0.25, 0.3) is 0 Å². The van der Waals surface area contributed by atoms with Gasteiger partial charge in [0, 0.05) is 6.54 Å². The molecule has 0 fully saturated rings. The average Bonchev–Trinajstić information content (AvgIpc) is 2.60. The third kappa shape index (κ3) is 8.28. The molecule has 26 heavy (non-hydrogen) atoms. The zero-order chi connectivity index (χ0) is 17.2. The van der Waals surface area contributed by atoms with Crippen LogP contribution < -0.4 is 20.1 Å². The van der Waals surface area contributed by atoms with Gasteiger partial charge in [-0.25, -0.2) is 0 Å². The Morgan fingerprint density at radius 1 is 0.923 bits per heavy atom. The first kappa shape index (κ1) is 24.5. The smallest absolute Gasteiger partial charge is 0.161 e. The number of methoxy groups -OCH3 is 1. The van der Waals surface area contributed by atoms with Gasteiger partial charge in [-0.3, -0.25) is 0 Å². The van der Waals surface area contributed by atoms with Gasteiger partial charge in [0.1, 0.15) is 6.61 Å². The largest absolute Gasteiger partial charge is 0.493 e. The number of halogens is 2. The first-order valence-corrected chi connectivity index (χ1v) is 8.43. The highest BCUT2D eigenvalue weighted by Gasteiger charge is 2.06. The standard InChI is InChI=1S/C20H28N2O2.2ClH/c1-16-6-4-7-18(12-16)15-24-19-9-8-17(13-20(19)23-3)14-22-11-5-10-21-2;;/h4,6-9,12-13,21-22H,5,10-11,14-15H2,1-3H3;2*1H. The SMILES string of the molecule is CNCCCNCc1ccc(OCc2cccc(C)c2)c(OC)c1.Cl.Cl. The lowest BCUT2D eigenvalue weighted by atomic mass is 10.1. The van der Waals surface area contributed by atoms with Crippen molar-refractivity contribution in [3.63, 3.8) is 0 Å². The summed E-state index contributed by atoms with van der Waals surface area (Å²) in [5.74, 6) is 1.55. The highest BCUT2D eigenvalue weighted by molar-refractivity contribution is 5.85. The van der Waals surface area contributed by atoms with E-state index in [1.165, 1.54) is 11.1 Å². The summed E-state index contributed by atoms with van der Waals surface area (Å²) in [5.41, 5.74) is 3.59. The van der Waals surface area contributed by atoms with Crippen molar-refractivity contribution >= 4 is 24.8 Å². The van der Waals surface area contributed by atoms with E-state index in [9.17, 15) is 0 Å². The minimum absolute atomic E-state index is 0. The van der Waals surface area contributed by atoms with Gasteiger partial charge >= 0.3 is 0 Å². The molecule has 0 bridgehead atoms. The Hall–Kier alpha value is -1.46. The molecule has 2 rings (SSSR count). The zero-order valence-electron chi connectivity index (χ0n) is 15.7. The fourth-order valence-electron chi connectivity index (χ4n) is 2.53. The average molecular weight is 401 g/mol. The van der Waals surface area contributed by atoms with Crippen molar-refractivity contribution in [3.05, 3.63) is 59.2 Å². The summed E-state index contributed by atoms with van der Waals surface area (Å²) in [4.78, 5) is 0. The number of benzene rings is 2. The van der Waals surface area contributed by atoms with Gasteiger partial charge in [-0.15, -0.1) is 24.8 Å². The van der Waals surface area contributed by atoms with Crippen LogP contribution >= 0.6 is 24.8 Å². The molecule has 0 radical (unpaired) electrons. The second kappa shape index (κ2) is 13.7. The predicted molar refractivity (Wildman–Crippen MR) is 113 cm³/mol. The molecule has 0 amide bonds. The van der Waals surface area contributed by atoms with Crippen molar-refractivity contribution in [1.82, 2.24) is 10.6 Å². The molecular weight excluding hydrogens is 371 g/mol. The summed E-state index contributed by atoms with van der Waals surface area (Å²) in [5, 5.41) is 6.58. The molecule has 2 aromatic carbocycles. The van der Waals surface area contributed by atoms with Gasteiger partial charge < -0.3 is 20.1 Å². The second-order valence-corrected chi connectivity index (χ2v) is 5.90. The van der Waals surface area contributed by atoms with Crippen molar-refractivity contribution in [1.29, 1.82) is 0 Å². The lowest BCUT2D eigenvalue weighted by Gasteiger charge is -2.13. The van der Waals surface area contributed by atoms with E-state index >= 15 is 0 Å². The molecule has 0 aliphatic heterocycles. The molecule has 6 heteroatoms. The van der Waals surface area contributed by atoms with Crippen LogP contribution in [0.15, 0.2) is 42.5 Å². The number of hydrogen-bond donors (Lipinski definition) is 2. The van der Waals surface area contributed by atoms with Gasteiger partial charge in [0.05, 0.1) is 7.11 Å². The van der Waals surface area contributed by atoms with Gasteiger partial charge in [0.25, 0.3) is 0 Å². The third-order valence-corrected chi connectivity index (χ3v) is 3.81. The van der Waals surface area contributed by atoms with Crippen molar-refractivity contribution in [2.45, 2.75) is 26.5 Å². The molecular formula is C20H30Cl2N2O2. The monoisotopic (exact) mass is 400 g/mol. The van der Waals surface area contributed by atoms with Crippen LogP contribution in [0.3, 0.4) is 0 Å². The maximum absolute atomic E-state index is 5.93. The number of rotatable bonds is 10. The van der Waals surface area contributed by atoms with Crippen LogP contribution in [0, 0.1) is 6.92 Å². The van der Waals surface area contributed by atoms with Crippen LogP contribution in [-0.2, 0) is 13.2 Å². The zero-order valence-corrected chi connectivity index (χ0v) is 17.3. The van der Waals surface area contributed by atoms with Crippen LogP contribution in [0.2, 0.25) is 0 Å². The van der Waals surface area contributed by atoms with Crippen LogP contribution in [-0.4, -0.2) is 27.2 Å². The maximum atomic E-state index is 5.93. The van der Waals surface area contributed by atoms with E-state index in [1.807, 2.05) is 25.2 Å². The number of ether oxygens (including phenoxy) is 2.